The molecule has 2 atom stereocenters. The molecule has 0 saturated heterocycles. The first-order valence-electron chi connectivity index (χ1n) is 9.09. The number of carbonyl (C=O) groups excluding carboxylic acids is 1. The minimum absolute atomic E-state index is 0.129. The van der Waals surface area contributed by atoms with Crippen LogP contribution in [-0.2, 0) is 10.3 Å². The maximum atomic E-state index is 14.5. The van der Waals surface area contributed by atoms with Crippen molar-refractivity contribution in [2.24, 2.45) is 10.7 Å². The molecule has 1 aliphatic heterocycles. The minimum Gasteiger partial charge on any atom is -0.379 e. The number of amidine groups is 1. The summed E-state index contributed by atoms with van der Waals surface area (Å²) in [6.07, 6.45) is 0.687. The summed E-state index contributed by atoms with van der Waals surface area (Å²) in [6.45, 7) is 5.76. The van der Waals surface area contributed by atoms with Gasteiger partial charge in [-0.2, -0.15) is 0 Å². The number of carbonyl (C=O) groups is 1. The van der Waals surface area contributed by atoms with Gasteiger partial charge in [-0.3, -0.25) is 9.79 Å². The molecular formula is C21H24FN3OS2. The molecule has 0 radical (unpaired) electrons. The minimum atomic E-state index is -0.720. The monoisotopic (exact) mass is 417 g/mol. The van der Waals surface area contributed by atoms with E-state index < -0.39 is 5.54 Å². The van der Waals surface area contributed by atoms with E-state index >= 15 is 0 Å². The summed E-state index contributed by atoms with van der Waals surface area (Å²) in [5.41, 5.74) is 7.33. The highest BCUT2D eigenvalue weighted by molar-refractivity contribution is 8.13. The Hall–Kier alpha value is -1.99. The van der Waals surface area contributed by atoms with Gasteiger partial charge >= 0.3 is 0 Å². The Labute approximate surface area is 173 Å². The highest BCUT2D eigenvalue weighted by Gasteiger charge is 2.32. The van der Waals surface area contributed by atoms with Crippen molar-refractivity contribution in [3.63, 3.8) is 0 Å². The first-order valence-corrected chi connectivity index (χ1v) is 11.0. The maximum absolute atomic E-state index is 14.5. The first kappa shape index (κ1) is 20.7. The van der Waals surface area contributed by atoms with Gasteiger partial charge < -0.3 is 11.1 Å². The molecule has 1 heterocycles. The zero-order chi connectivity index (χ0) is 20.3. The second-order valence-corrected chi connectivity index (χ2v) is 9.61. The van der Waals surface area contributed by atoms with Crippen molar-refractivity contribution in [3.8, 4) is 0 Å². The van der Waals surface area contributed by atoms with Gasteiger partial charge in [-0.25, -0.2) is 4.39 Å². The van der Waals surface area contributed by atoms with Gasteiger partial charge in [0.1, 0.15) is 5.82 Å². The van der Waals surface area contributed by atoms with E-state index in [0.717, 1.165) is 10.6 Å². The number of hydrogen-bond donors (Lipinski definition) is 2. The van der Waals surface area contributed by atoms with Gasteiger partial charge in [-0.15, -0.1) is 11.8 Å². The molecule has 2 aromatic rings. The van der Waals surface area contributed by atoms with E-state index in [1.807, 2.05) is 45.0 Å². The fourth-order valence-electron chi connectivity index (χ4n) is 3.01. The predicted molar refractivity (Wildman–Crippen MR) is 118 cm³/mol. The van der Waals surface area contributed by atoms with E-state index in [0.29, 0.717) is 22.8 Å². The van der Waals surface area contributed by atoms with Crippen molar-refractivity contribution in [3.05, 3.63) is 59.4 Å². The summed E-state index contributed by atoms with van der Waals surface area (Å²) >= 11 is 2.96. The molecule has 7 heteroatoms. The van der Waals surface area contributed by atoms with Crippen molar-refractivity contribution in [2.75, 3.05) is 11.1 Å². The average Bonchev–Trinajstić information content (AvgIpc) is 2.64. The standard InChI is InChI=1S/C21H24FN3OS2/c1-13-4-7-16(8-5-13)28-14(2)19(26)24-15-6-9-18(22)17(12-15)21(3)10-11-27-20(23)25-21/h4-9,12,14H,10-11H2,1-3H3,(H2,23,25)(H,24,26)/t14?,21-/m0/s1. The highest BCUT2D eigenvalue weighted by Crippen LogP contribution is 2.37. The van der Waals surface area contributed by atoms with Crippen LogP contribution in [0.2, 0.25) is 0 Å². The number of anilines is 1. The van der Waals surface area contributed by atoms with Crippen LogP contribution in [0.1, 0.15) is 31.4 Å². The summed E-state index contributed by atoms with van der Waals surface area (Å²) in [7, 11) is 0. The maximum Gasteiger partial charge on any atom is 0.237 e. The van der Waals surface area contributed by atoms with Gasteiger partial charge in [0.15, 0.2) is 5.17 Å². The van der Waals surface area contributed by atoms with E-state index in [1.165, 1.54) is 35.2 Å². The van der Waals surface area contributed by atoms with Crippen LogP contribution >= 0.6 is 23.5 Å². The van der Waals surface area contributed by atoms with E-state index in [2.05, 4.69) is 10.3 Å². The van der Waals surface area contributed by atoms with E-state index in [1.54, 1.807) is 12.1 Å². The molecule has 0 spiro atoms. The van der Waals surface area contributed by atoms with Crippen LogP contribution in [0.5, 0.6) is 0 Å². The topological polar surface area (TPSA) is 67.5 Å². The molecule has 3 N–H and O–H groups in total. The van der Waals surface area contributed by atoms with Crippen LogP contribution in [0.25, 0.3) is 0 Å². The lowest BCUT2D eigenvalue weighted by Crippen LogP contribution is -2.30. The largest absolute Gasteiger partial charge is 0.379 e. The lowest BCUT2D eigenvalue weighted by atomic mass is 9.89. The third-order valence-corrected chi connectivity index (χ3v) is 6.62. The molecule has 3 rings (SSSR count). The van der Waals surface area contributed by atoms with Gasteiger partial charge in [0.25, 0.3) is 0 Å². The molecule has 0 aromatic heterocycles. The molecule has 1 aliphatic rings. The molecular weight excluding hydrogens is 393 g/mol. The molecule has 0 saturated carbocycles. The fourth-order valence-corrected chi connectivity index (χ4v) is 4.86. The van der Waals surface area contributed by atoms with E-state index in [4.69, 9.17) is 5.73 Å². The number of aliphatic imine (C=N–C) groups is 1. The number of rotatable bonds is 5. The van der Waals surface area contributed by atoms with Crippen molar-refractivity contribution in [1.82, 2.24) is 0 Å². The molecule has 28 heavy (non-hydrogen) atoms. The summed E-state index contributed by atoms with van der Waals surface area (Å²) < 4.78 is 14.5. The zero-order valence-electron chi connectivity index (χ0n) is 16.2. The Bertz CT molecular complexity index is 901. The van der Waals surface area contributed by atoms with Crippen LogP contribution in [0.4, 0.5) is 10.1 Å². The first-order chi connectivity index (χ1) is 13.3. The summed E-state index contributed by atoms with van der Waals surface area (Å²) in [5.74, 6) is 0.313. The fraction of sp³-hybridized carbons (Fsp3) is 0.333. The number of halogens is 1. The van der Waals surface area contributed by atoms with Crippen LogP contribution < -0.4 is 11.1 Å². The third kappa shape index (κ3) is 4.89. The Morgan fingerprint density at radius 1 is 1.32 bits per heavy atom. The van der Waals surface area contributed by atoms with Gasteiger partial charge in [0.2, 0.25) is 5.91 Å². The summed E-state index contributed by atoms with van der Waals surface area (Å²) in [6, 6.07) is 12.7. The van der Waals surface area contributed by atoms with E-state index in [9.17, 15) is 9.18 Å². The van der Waals surface area contributed by atoms with Crippen molar-refractivity contribution < 1.29 is 9.18 Å². The number of nitrogens with one attached hydrogen (secondary N) is 1. The van der Waals surface area contributed by atoms with Gasteiger partial charge in [0, 0.05) is 21.9 Å². The predicted octanol–water partition coefficient (Wildman–Crippen LogP) is 4.92. The van der Waals surface area contributed by atoms with Crippen LogP contribution in [0.3, 0.4) is 0 Å². The normalized spacial score (nSPS) is 20.4. The van der Waals surface area contributed by atoms with Crippen LogP contribution in [0.15, 0.2) is 52.4 Å². The number of nitrogens with zero attached hydrogens (tertiary/aromatic N) is 1. The van der Waals surface area contributed by atoms with E-state index in [-0.39, 0.29) is 17.0 Å². The Balaban J connectivity index is 1.74. The van der Waals surface area contributed by atoms with Crippen LogP contribution in [0, 0.1) is 12.7 Å². The molecule has 1 amide bonds. The SMILES string of the molecule is Cc1ccc(SC(C)C(=O)Nc2ccc(F)c([C@]3(C)CCSC(N)=N3)c2)cc1. The Morgan fingerprint density at radius 3 is 2.71 bits per heavy atom. The molecule has 0 fully saturated rings. The van der Waals surface area contributed by atoms with Crippen LogP contribution in [-0.4, -0.2) is 22.1 Å². The quantitative estimate of drug-likeness (QED) is 0.678. The lowest BCUT2D eigenvalue weighted by Gasteiger charge is -2.30. The Morgan fingerprint density at radius 2 is 2.04 bits per heavy atom. The van der Waals surface area contributed by atoms with Crippen molar-refractivity contribution in [1.29, 1.82) is 0 Å². The number of aryl methyl sites for hydroxylation is 1. The van der Waals surface area contributed by atoms with Crippen molar-refractivity contribution >= 4 is 40.3 Å². The number of thioether (sulfide) groups is 2. The van der Waals surface area contributed by atoms with Gasteiger partial charge in [-0.1, -0.05) is 29.5 Å². The molecule has 148 valence electrons. The molecule has 2 aromatic carbocycles. The Kier molecular flexibility index (Phi) is 6.35. The second-order valence-electron chi connectivity index (χ2n) is 7.08. The smallest absolute Gasteiger partial charge is 0.237 e. The number of nitrogens with two attached hydrogens (primary N) is 1. The molecule has 4 nitrogen and oxygen atoms in total. The zero-order valence-corrected chi connectivity index (χ0v) is 17.8. The second kappa shape index (κ2) is 8.57. The molecule has 0 bridgehead atoms. The highest BCUT2D eigenvalue weighted by atomic mass is 32.2. The number of hydrogen-bond acceptors (Lipinski definition) is 5. The molecule has 1 unspecified atom stereocenters. The average molecular weight is 418 g/mol. The van der Waals surface area contributed by atoms with Gasteiger partial charge in [-0.05, 0) is 57.5 Å². The van der Waals surface area contributed by atoms with Crippen molar-refractivity contribution in [2.45, 2.75) is 42.9 Å². The molecule has 0 aliphatic carbocycles. The number of amides is 1. The van der Waals surface area contributed by atoms with Gasteiger partial charge in [0.05, 0.1) is 10.8 Å². The number of benzene rings is 2. The summed E-state index contributed by atoms with van der Waals surface area (Å²) in [5, 5.41) is 3.08. The lowest BCUT2D eigenvalue weighted by molar-refractivity contribution is -0.115. The summed E-state index contributed by atoms with van der Waals surface area (Å²) in [4.78, 5) is 18.1. The third-order valence-electron chi connectivity index (χ3n) is 4.71.